The Hall–Kier alpha value is -3.35. The van der Waals surface area contributed by atoms with E-state index in [0.29, 0.717) is 17.8 Å². The molecule has 0 saturated heterocycles. The molecule has 2 N–H and O–H groups in total. The van der Waals surface area contributed by atoms with Gasteiger partial charge in [-0.2, -0.15) is 5.10 Å². The highest BCUT2D eigenvalue weighted by Gasteiger charge is 2.15. The van der Waals surface area contributed by atoms with E-state index >= 15 is 0 Å². The summed E-state index contributed by atoms with van der Waals surface area (Å²) in [5.41, 5.74) is 2.93. The smallest absolute Gasteiger partial charge is 0.291 e. The molecule has 3 rings (SSSR count). The number of para-hydroxylation sites is 1. The van der Waals surface area contributed by atoms with Crippen LogP contribution in [0.5, 0.6) is 0 Å². The van der Waals surface area contributed by atoms with Crippen LogP contribution < -0.4 is 10.6 Å². The average molecular weight is 366 g/mol. The van der Waals surface area contributed by atoms with Gasteiger partial charge in [-0.05, 0) is 50.6 Å². The molecule has 0 aliphatic rings. The molecule has 0 unspecified atom stereocenters. The molecule has 0 aliphatic carbocycles. The molecular weight excluding hydrogens is 344 g/mol. The number of amides is 2. The van der Waals surface area contributed by atoms with Gasteiger partial charge in [0.15, 0.2) is 5.76 Å². The van der Waals surface area contributed by atoms with E-state index in [9.17, 15) is 9.59 Å². The maximum atomic E-state index is 12.5. The second-order valence-corrected chi connectivity index (χ2v) is 6.24. The van der Waals surface area contributed by atoms with Crippen LogP contribution in [0.2, 0.25) is 0 Å². The summed E-state index contributed by atoms with van der Waals surface area (Å²) in [5.74, 6) is -0.446. The second kappa shape index (κ2) is 8.35. The van der Waals surface area contributed by atoms with Gasteiger partial charge in [0, 0.05) is 18.8 Å². The van der Waals surface area contributed by atoms with E-state index < -0.39 is 5.91 Å². The molecule has 0 saturated carbocycles. The largest absolute Gasteiger partial charge is 0.459 e. The van der Waals surface area contributed by atoms with Crippen molar-refractivity contribution in [2.75, 3.05) is 11.9 Å². The number of aromatic nitrogens is 2. The van der Waals surface area contributed by atoms with Gasteiger partial charge in [-0.15, -0.1) is 0 Å². The van der Waals surface area contributed by atoms with Gasteiger partial charge in [0.2, 0.25) is 0 Å². The Bertz CT molecular complexity index is 929. The Kier molecular flexibility index (Phi) is 5.71. The van der Waals surface area contributed by atoms with Crippen LogP contribution >= 0.6 is 0 Å². The van der Waals surface area contributed by atoms with Crippen LogP contribution in [0.4, 0.5) is 5.69 Å². The van der Waals surface area contributed by atoms with Gasteiger partial charge >= 0.3 is 0 Å². The molecule has 27 heavy (non-hydrogen) atoms. The number of nitrogens with zero attached hydrogens (tertiary/aromatic N) is 2. The minimum absolute atomic E-state index is 0.190. The number of hydrogen-bond donors (Lipinski definition) is 2. The zero-order valence-corrected chi connectivity index (χ0v) is 15.4. The fraction of sp³-hybridized carbons (Fsp3) is 0.250. The second-order valence-electron chi connectivity index (χ2n) is 6.24. The van der Waals surface area contributed by atoms with Gasteiger partial charge in [-0.3, -0.25) is 14.3 Å². The fourth-order valence-electron chi connectivity index (χ4n) is 2.81. The van der Waals surface area contributed by atoms with E-state index in [4.69, 9.17) is 4.42 Å². The lowest BCUT2D eigenvalue weighted by atomic mass is 10.1. The molecule has 0 bridgehead atoms. The summed E-state index contributed by atoms with van der Waals surface area (Å²) in [6, 6.07) is 12.1. The third-order valence-corrected chi connectivity index (χ3v) is 4.10. The maximum Gasteiger partial charge on any atom is 0.291 e. The fourth-order valence-corrected chi connectivity index (χ4v) is 2.81. The van der Waals surface area contributed by atoms with Crippen LogP contribution in [0, 0.1) is 13.8 Å². The van der Waals surface area contributed by atoms with Crippen molar-refractivity contribution in [2.24, 2.45) is 0 Å². The molecule has 0 spiro atoms. The molecule has 2 aromatic heterocycles. The number of benzene rings is 1. The Morgan fingerprint density at radius 2 is 1.93 bits per heavy atom. The summed E-state index contributed by atoms with van der Waals surface area (Å²) < 4.78 is 7.01. The molecule has 0 fully saturated rings. The molecule has 140 valence electrons. The number of carbonyl (C=O) groups is 2. The summed E-state index contributed by atoms with van der Waals surface area (Å²) >= 11 is 0. The van der Waals surface area contributed by atoms with Crippen molar-refractivity contribution in [3.8, 4) is 0 Å². The normalized spacial score (nSPS) is 10.6. The third-order valence-electron chi connectivity index (χ3n) is 4.10. The van der Waals surface area contributed by atoms with Crippen molar-refractivity contribution in [1.29, 1.82) is 0 Å². The number of furan rings is 1. The first-order valence-corrected chi connectivity index (χ1v) is 8.78. The molecule has 2 amide bonds. The van der Waals surface area contributed by atoms with Crippen LogP contribution in [0.25, 0.3) is 0 Å². The van der Waals surface area contributed by atoms with Gasteiger partial charge in [0.25, 0.3) is 11.8 Å². The van der Waals surface area contributed by atoms with Crippen LogP contribution in [0.3, 0.4) is 0 Å². The molecule has 3 aromatic rings. The zero-order valence-electron chi connectivity index (χ0n) is 15.4. The van der Waals surface area contributed by atoms with Crippen LogP contribution in [-0.4, -0.2) is 28.1 Å². The molecule has 7 heteroatoms. The monoisotopic (exact) mass is 366 g/mol. The van der Waals surface area contributed by atoms with Crippen molar-refractivity contribution in [3.05, 3.63) is 71.4 Å². The van der Waals surface area contributed by atoms with Gasteiger partial charge in [0.1, 0.15) is 0 Å². The standard InChI is InChI=1S/C20H22N4O3/c1-14-13-15(2)24(23-14)11-6-10-21-19(25)16-7-3-4-8-17(16)22-20(26)18-9-5-12-27-18/h3-5,7-9,12-13H,6,10-11H2,1-2H3,(H,21,25)(H,22,26). The highest BCUT2D eigenvalue weighted by molar-refractivity contribution is 6.07. The van der Waals surface area contributed by atoms with Crippen LogP contribution in [0.1, 0.15) is 38.7 Å². The first-order valence-electron chi connectivity index (χ1n) is 8.78. The first-order chi connectivity index (χ1) is 13.0. The molecule has 0 aliphatic heterocycles. The van der Waals surface area contributed by atoms with E-state index in [1.165, 1.54) is 6.26 Å². The van der Waals surface area contributed by atoms with Crippen molar-refractivity contribution in [3.63, 3.8) is 0 Å². The highest BCUT2D eigenvalue weighted by atomic mass is 16.3. The van der Waals surface area contributed by atoms with Crippen molar-refractivity contribution in [2.45, 2.75) is 26.8 Å². The lowest BCUT2D eigenvalue weighted by Gasteiger charge is -2.11. The molecule has 0 radical (unpaired) electrons. The summed E-state index contributed by atoms with van der Waals surface area (Å²) in [6.07, 6.45) is 2.19. The molecular formula is C20H22N4O3. The quantitative estimate of drug-likeness (QED) is 0.629. The molecule has 1 aromatic carbocycles. The van der Waals surface area contributed by atoms with Crippen molar-refractivity contribution >= 4 is 17.5 Å². The highest BCUT2D eigenvalue weighted by Crippen LogP contribution is 2.16. The summed E-state index contributed by atoms with van der Waals surface area (Å²) in [4.78, 5) is 24.7. The SMILES string of the molecule is Cc1cc(C)n(CCCNC(=O)c2ccccc2NC(=O)c2ccco2)n1. The van der Waals surface area contributed by atoms with E-state index in [1.807, 2.05) is 24.6 Å². The van der Waals surface area contributed by atoms with Gasteiger partial charge in [-0.25, -0.2) is 0 Å². The number of rotatable bonds is 7. The van der Waals surface area contributed by atoms with Gasteiger partial charge < -0.3 is 15.1 Å². The van der Waals surface area contributed by atoms with Crippen LogP contribution in [-0.2, 0) is 6.54 Å². The number of hydrogen-bond acceptors (Lipinski definition) is 4. The summed E-state index contributed by atoms with van der Waals surface area (Å²) in [5, 5.41) is 10.0. The topological polar surface area (TPSA) is 89.2 Å². The molecule has 2 heterocycles. The lowest BCUT2D eigenvalue weighted by molar-refractivity contribution is 0.0953. The van der Waals surface area contributed by atoms with Crippen molar-refractivity contribution < 1.29 is 14.0 Å². The maximum absolute atomic E-state index is 12.5. The summed E-state index contributed by atoms with van der Waals surface area (Å²) in [6.45, 7) is 5.21. The minimum atomic E-state index is -0.398. The Morgan fingerprint density at radius 3 is 2.63 bits per heavy atom. The number of nitrogens with one attached hydrogen (secondary N) is 2. The Labute approximate surface area is 157 Å². The minimum Gasteiger partial charge on any atom is -0.459 e. The molecule has 0 atom stereocenters. The molecule has 7 nitrogen and oxygen atoms in total. The average Bonchev–Trinajstić information content (AvgIpc) is 3.29. The predicted molar refractivity (Wildman–Crippen MR) is 102 cm³/mol. The predicted octanol–water partition coefficient (Wildman–Crippen LogP) is 3.17. The van der Waals surface area contributed by atoms with E-state index in [2.05, 4.69) is 15.7 Å². The number of carbonyl (C=O) groups excluding carboxylic acids is 2. The van der Waals surface area contributed by atoms with Crippen molar-refractivity contribution in [1.82, 2.24) is 15.1 Å². The third kappa shape index (κ3) is 4.63. The first kappa shape index (κ1) is 18.4. The number of anilines is 1. The number of aryl methyl sites for hydroxylation is 3. The van der Waals surface area contributed by atoms with E-state index in [-0.39, 0.29) is 11.7 Å². The zero-order chi connectivity index (χ0) is 19.2. The van der Waals surface area contributed by atoms with Crippen LogP contribution in [0.15, 0.2) is 53.1 Å². The Morgan fingerprint density at radius 1 is 1.11 bits per heavy atom. The van der Waals surface area contributed by atoms with Gasteiger partial charge in [0.05, 0.1) is 23.2 Å². The summed E-state index contributed by atoms with van der Waals surface area (Å²) in [7, 11) is 0. The Balaban J connectivity index is 1.56. The van der Waals surface area contributed by atoms with E-state index in [1.54, 1.807) is 36.4 Å². The lowest BCUT2D eigenvalue weighted by Crippen LogP contribution is -2.27. The van der Waals surface area contributed by atoms with Gasteiger partial charge in [-0.1, -0.05) is 12.1 Å². The van der Waals surface area contributed by atoms with E-state index in [0.717, 1.165) is 24.4 Å².